The lowest BCUT2D eigenvalue weighted by molar-refractivity contribution is 0.526. The Balaban J connectivity index is 2.08. The quantitative estimate of drug-likeness (QED) is 0.893. The zero-order valence-electron chi connectivity index (χ0n) is 12.0. The Morgan fingerprint density at radius 1 is 1.40 bits per heavy atom. The van der Waals surface area contributed by atoms with Gasteiger partial charge >= 0.3 is 0 Å². The van der Waals surface area contributed by atoms with Crippen LogP contribution in [0, 0.1) is 18.7 Å². The van der Waals surface area contributed by atoms with Crippen molar-refractivity contribution >= 4 is 17.5 Å². The highest BCUT2D eigenvalue weighted by Crippen LogP contribution is 2.17. The van der Waals surface area contributed by atoms with Crippen LogP contribution in [0.2, 0.25) is 5.02 Å². The van der Waals surface area contributed by atoms with Crippen LogP contribution in [0.4, 0.5) is 10.3 Å². The maximum Gasteiger partial charge on any atom is 0.203 e. The summed E-state index contributed by atoms with van der Waals surface area (Å²) in [6, 6.07) is 4.73. The molecule has 0 aliphatic rings. The zero-order chi connectivity index (χ0) is 14.7. The second-order valence-corrected chi connectivity index (χ2v) is 5.76. The van der Waals surface area contributed by atoms with Crippen molar-refractivity contribution in [2.75, 3.05) is 5.32 Å². The largest absolute Gasteiger partial charge is 0.352 e. The number of imidazole rings is 1. The Morgan fingerprint density at radius 2 is 2.15 bits per heavy atom. The number of nitrogens with zero attached hydrogens (tertiary/aromatic N) is 2. The molecule has 2 rings (SSSR count). The van der Waals surface area contributed by atoms with Crippen LogP contribution >= 0.6 is 11.6 Å². The molecule has 0 spiro atoms. The molecular weight excluding hydrogens is 277 g/mol. The van der Waals surface area contributed by atoms with E-state index in [0.717, 1.165) is 23.8 Å². The molecule has 3 nitrogen and oxygen atoms in total. The summed E-state index contributed by atoms with van der Waals surface area (Å²) in [5.74, 6) is 0.980. The van der Waals surface area contributed by atoms with Crippen molar-refractivity contribution in [3.63, 3.8) is 0 Å². The van der Waals surface area contributed by atoms with Gasteiger partial charge in [-0.3, -0.25) is 0 Å². The smallest absolute Gasteiger partial charge is 0.203 e. The van der Waals surface area contributed by atoms with E-state index in [1.165, 1.54) is 6.07 Å². The number of hydrogen-bond acceptors (Lipinski definition) is 2. The van der Waals surface area contributed by atoms with Crippen LogP contribution in [-0.4, -0.2) is 9.55 Å². The number of rotatable bonds is 5. The molecule has 0 atom stereocenters. The fraction of sp³-hybridized carbons (Fsp3) is 0.400. The van der Waals surface area contributed by atoms with Gasteiger partial charge in [0.15, 0.2) is 0 Å². The first-order chi connectivity index (χ1) is 9.45. The lowest BCUT2D eigenvalue weighted by Crippen LogP contribution is -2.10. The van der Waals surface area contributed by atoms with Crippen LogP contribution in [0.15, 0.2) is 24.4 Å². The number of anilines is 1. The summed E-state index contributed by atoms with van der Waals surface area (Å²) in [7, 11) is 0. The van der Waals surface area contributed by atoms with E-state index in [1.807, 2.05) is 13.1 Å². The van der Waals surface area contributed by atoms with Gasteiger partial charge in [-0.25, -0.2) is 9.37 Å². The molecule has 0 amide bonds. The molecule has 0 aliphatic carbocycles. The van der Waals surface area contributed by atoms with Gasteiger partial charge < -0.3 is 9.88 Å². The van der Waals surface area contributed by atoms with Crippen molar-refractivity contribution in [2.24, 2.45) is 5.92 Å². The van der Waals surface area contributed by atoms with Gasteiger partial charge in [-0.05, 0) is 30.5 Å². The highest BCUT2D eigenvalue weighted by molar-refractivity contribution is 6.30. The van der Waals surface area contributed by atoms with Crippen molar-refractivity contribution in [1.82, 2.24) is 9.55 Å². The molecule has 0 saturated heterocycles. The monoisotopic (exact) mass is 295 g/mol. The molecule has 0 bridgehead atoms. The summed E-state index contributed by atoms with van der Waals surface area (Å²) in [6.07, 6.45) is 2.03. The normalized spacial score (nSPS) is 11.1. The topological polar surface area (TPSA) is 29.9 Å². The maximum absolute atomic E-state index is 13.1. The van der Waals surface area contributed by atoms with Crippen molar-refractivity contribution in [3.8, 4) is 0 Å². The molecule has 0 unspecified atom stereocenters. The maximum atomic E-state index is 13.1. The van der Waals surface area contributed by atoms with E-state index in [-0.39, 0.29) is 5.02 Å². The number of nitrogens with one attached hydrogen (secondary N) is 1. The molecule has 1 heterocycles. The Labute approximate surface area is 123 Å². The lowest BCUT2D eigenvalue weighted by Gasteiger charge is -2.12. The molecule has 0 saturated carbocycles. The van der Waals surface area contributed by atoms with E-state index < -0.39 is 5.82 Å². The molecule has 0 fully saturated rings. The highest BCUT2D eigenvalue weighted by Gasteiger charge is 2.07. The van der Waals surface area contributed by atoms with Gasteiger partial charge in [0.05, 0.1) is 10.7 Å². The van der Waals surface area contributed by atoms with Crippen LogP contribution in [0.1, 0.15) is 25.1 Å². The van der Waals surface area contributed by atoms with Crippen molar-refractivity contribution in [2.45, 2.75) is 33.9 Å². The number of halogens is 2. The Kier molecular flexibility index (Phi) is 4.65. The van der Waals surface area contributed by atoms with E-state index in [1.54, 1.807) is 12.1 Å². The molecule has 1 aromatic carbocycles. The van der Waals surface area contributed by atoms with Gasteiger partial charge in [0, 0.05) is 19.3 Å². The predicted molar refractivity (Wildman–Crippen MR) is 80.5 cm³/mol. The van der Waals surface area contributed by atoms with Crippen LogP contribution in [-0.2, 0) is 13.1 Å². The summed E-state index contributed by atoms with van der Waals surface area (Å²) < 4.78 is 15.2. The van der Waals surface area contributed by atoms with Crippen molar-refractivity contribution < 1.29 is 4.39 Å². The average Bonchev–Trinajstić information content (AvgIpc) is 2.70. The second kappa shape index (κ2) is 6.27. The molecule has 20 heavy (non-hydrogen) atoms. The van der Waals surface area contributed by atoms with Crippen LogP contribution in [0.3, 0.4) is 0 Å². The first-order valence-corrected chi connectivity index (χ1v) is 7.05. The zero-order valence-corrected chi connectivity index (χ0v) is 12.7. The molecular formula is C15H19ClFN3. The van der Waals surface area contributed by atoms with Gasteiger partial charge in [-0.1, -0.05) is 31.5 Å². The van der Waals surface area contributed by atoms with Gasteiger partial charge in [0.2, 0.25) is 5.95 Å². The Morgan fingerprint density at radius 3 is 2.80 bits per heavy atom. The van der Waals surface area contributed by atoms with E-state index in [4.69, 9.17) is 11.6 Å². The van der Waals surface area contributed by atoms with Gasteiger partial charge in [0.25, 0.3) is 0 Å². The molecule has 0 aliphatic heterocycles. The average molecular weight is 296 g/mol. The summed E-state index contributed by atoms with van der Waals surface area (Å²) in [5.41, 5.74) is 1.90. The Bertz CT molecular complexity index is 593. The standard InChI is InChI=1S/C15H19ClFN3/c1-10(2)8-20-9-11(3)19-15(20)18-7-12-4-5-14(17)13(16)6-12/h4-6,9-10H,7-8H2,1-3H3,(H,18,19). The van der Waals surface area contributed by atoms with Crippen LogP contribution < -0.4 is 5.32 Å². The van der Waals surface area contributed by atoms with Gasteiger partial charge in [-0.15, -0.1) is 0 Å². The summed E-state index contributed by atoms with van der Waals surface area (Å²) in [5, 5.41) is 3.42. The fourth-order valence-corrected chi connectivity index (χ4v) is 2.25. The first-order valence-electron chi connectivity index (χ1n) is 6.67. The number of aromatic nitrogens is 2. The molecule has 5 heteroatoms. The van der Waals surface area contributed by atoms with Crippen molar-refractivity contribution in [1.29, 1.82) is 0 Å². The summed E-state index contributed by atoms with van der Waals surface area (Å²) in [6.45, 7) is 7.77. The third-order valence-corrected chi connectivity index (χ3v) is 3.18. The minimum Gasteiger partial charge on any atom is -0.352 e. The van der Waals surface area contributed by atoms with Gasteiger partial charge in [-0.2, -0.15) is 0 Å². The molecule has 0 radical (unpaired) electrons. The number of hydrogen-bond donors (Lipinski definition) is 1. The van der Waals surface area contributed by atoms with Gasteiger partial charge in [0.1, 0.15) is 5.82 Å². The highest BCUT2D eigenvalue weighted by atomic mass is 35.5. The number of aryl methyl sites for hydroxylation is 1. The third-order valence-electron chi connectivity index (χ3n) is 2.89. The SMILES string of the molecule is Cc1cn(CC(C)C)c(NCc2ccc(F)c(Cl)c2)n1. The third kappa shape index (κ3) is 3.73. The Hall–Kier alpha value is -1.55. The minimum atomic E-state index is -0.396. The molecule has 1 aromatic heterocycles. The van der Waals surface area contributed by atoms with E-state index >= 15 is 0 Å². The lowest BCUT2D eigenvalue weighted by atomic mass is 10.2. The van der Waals surface area contributed by atoms with Crippen LogP contribution in [0.25, 0.3) is 0 Å². The number of benzene rings is 1. The fourth-order valence-electron chi connectivity index (χ4n) is 2.05. The van der Waals surface area contributed by atoms with E-state index in [9.17, 15) is 4.39 Å². The molecule has 1 N–H and O–H groups in total. The summed E-state index contributed by atoms with van der Waals surface area (Å²) in [4.78, 5) is 4.46. The minimum absolute atomic E-state index is 0.144. The molecule has 2 aromatic rings. The summed E-state index contributed by atoms with van der Waals surface area (Å²) >= 11 is 5.78. The van der Waals surface area contributed by atoms with Crippen LogP contribution in [0.5, 0.6) is 0 Å². The first kappa shape index (κ1) is 14.9. The second-order valence-electron chi connectivity index (χ2n) is 5.35. The van der Waals surface area contributed by atoms with E-state index in [2.05, 4.69) is 28.7 Å². The van der Waals surface area contributed by atoms with Crippen molar-refractivity contribution in [3.05, 3.63) is 46.5 Å². The van der Waals surface area contributed by atoms with E-state index in [0.29, 0.717) is 12.5 Å². The molecule has 108 valence electrons. The predicted octanol–water partition coefficient (Wildman–Crippen LogP) is 4.25.